The van der Waals surface area contributed by atoms with Crippen molar-refractivity contribution in [2.24, 2.45) is 10.1 Å². The van der Waals surface area contributed by atoms with Crippen LogP contribution in [0.2, 0.25) is 0 Å². The number of rotatable bonds is 6. The van der Waals surface area contributed by atoms with Crippen LogP contribution in [0.4, 0.5) is 0 Å². The molecular weight excluding hydrogens is 457 g/mol. The fourth-order valence-corrected chi connectivity index (χ4v) is 3.70. The van der Waals surface area contributed by atoms with Crippen LogP contribution in [0, 0.1) is 3.57 Å². The molecule has 0 N–H and O–H groups in total. The molecule has 0 aliphatic rings. The molecule has 1 aromatic heterocycles. The lowest BCUT2D eigenvalue weighted by Gasteiger charge is -2.05. The Labute approximate surface area is 170 Å². The highest BCUT2D eigenvalue weighted by Crippen LogP contribution is 2.23. The van der Waals surface area contributed by atoms with E-state index in [1.807, 2.05) is 53.4 Å². The standard InChI is InChI=1S/C20H18IN3OS/c1-3-12-22-20-24(23-13-16-6-4-5-7-18(16)21)19(14-26-20)15-8-10-17(25-2)11-9-15/h3-11,13-14H,1,12H2,2H3. The molecule has 0 amide bonds. The summed E-state index contributed by atoms with van der Waals surface area (Å²) in [5.41, 5.74) is 3.12. The number of nitrogens with zero attached hydrogens (tertiary/aromatic N) is 3. The topological polar surface area (TPSA) is 38.9 Å². The lowest BCUT2D eigenvalue weighted by Crippen LogP contribution is -2.12. The van der Waals surface area contributed by atoms with Crippen molar-refractivity contribution < 1.29 is 4.74 Å². The van der Waals surface area contributed by atoms with Gasteiger partial charge in [0, 0.05) is 20.1 Å². The van der Waals surface area contributed by atoms with E-state index < -0.39 is 0 Å². The van der Waals surface area contributed by atoms with Gasteiger partial charge >= 0.3 is 0 Å². The van der Waals surface area contributed by atoms with Crippen molar-refractivity contribution in [3.8, 4) is 17.0 Å². The van der Waals surface area contributed by atoms with E-state index >= 15 is 0 Å². The zero-order chi connectivity index (χ0) is 18.4. The van der Waals surface area contributed by atoms with E-state index in [0.717, 1.165) is 30.9 Å². The SMILES string of the molecule is C=CCN=c1scc(-c2ccc(OC)cc2)n1N=Cc1ccccc1I. The third-order valence-corrected chi connectivity index (χ3v) is 5.48. The van der Waals surface area contributed by atoms with Crippen LogP contribution in [0.3, 0.4) is 0 Å². The first-order chi connectivity index (χ1) is 12.7. The van der Waals surface area contributed by atoms with Crippen molar-refractivity contribution in [1.82, 2.24) is 4.68 Å². The number of hydrogen-bond acceptors (Lipinski definition) is 4. The molecule has 3 rings (SSSR count). The van der Waals surface area contributed by atoms with E-state index in [-0.39, 0.29) is 0 Å². The summed E-state index contributed by atoms with van der Waals surface area (Å²) >= 11 is 3.87. The highest BCUT2D eigenvalue weighted by atomic mass is 127. The van der Waals surface area contributed by atoms with Crippen molar-refractivity contribution in [3.05, 3.63) is 80.5 Å². The van der Waals surface area contributed by atoms with Gasteiger partial charge in [-0.1, -0.05) is 24.3 Å². The second-order valence-corrected chi connectivity index (χ2v) is 7.34. The van der Waals surface area contributed by atoms with E-state index in [2.05, 4.69) is 45.6 Å². The van der Waals surface area contributed by atoms with Crippen LogP contribution in [-0.4, -0.2) is 24.5 Å². The molecule has 0 unspecified atom stereocenters. The van der Waals surface area contributed by atoms with Gasteiger partial charge in [0.1, 0.15) is 5.75 Å². The lowest BCUT2D eigenvalue weighted by molar-refractivity contribution is 0.415. The van der Waals surface area contributed by atoms with Gasteiger partial charge in [0.15, 0.2) is 0 Å². The predicted octanol–water partition coefficient (Wildman–Crippen LogP) is 4.80. The number of benzene rings is 2. The average molecular weight is 475 g/mol. The number of methoxy groups -OCH3 is 1. The van der Waals surface area contributed by atoms with Crippen molar-refractivity contribution >= 4 is 40.1 Å². The molecule has 2 aromatic carbocycles. The highest BCUT2D eigenvalue weighted by molar-refractivity contribution is 14.1. The molecule has 0 fully saturated rings. The van der Waals surface area contributed by atoms with Crippen molar-refractivity contribution in [3.63, 3.8) is 0 Å². The molecular formula is C20H18IN3OS. The van der Waals surface area contributed by atoms with Crippen LogP contribution in [0.5, 0.6) is 5.75 Å². The van der Waals surface area contributed by atoms with E-state index in [1.165, 1.54) is 0 Å². The van der Waals surface area contributed by atoms with Crippen LogP contribution < -0.4 is 9.54 Å². The maximum Gasteiger partial charge on any atom is 0.206 e. The molecule has 0 saturated heterocycles. The van der Waals surface area contributed by atoms with Gasteiger partial charge < -0.3 is 4.74 Å². The Bertz CT molecular complexity index is 987. The molecule has 0 aliphatic carbocycles. The molecule has 6 heteroatoms. The normalized spacial score (nSPS) is 11.8. The minimum atomic E-state index is 0.557. The molecule has 26 heavy (non-hydrogen) atoms. The molecule has 0 spiro atoms. The fraction of sp³-hybridized carbons (Fsp3) is 0.100. The summed E-state index contributed by atoms with van der Waals surface area (Å²) < 4.78 is 8.27. The smallest absolute Gasteiger partial charge is 0.206 e. The lowest BCUT2D eigenvalue weighted by atomic mass is 10.2. The van der Waals surface area contributed by atoms with Gasteiger partial charge in [-0.2, -0.15) is 5.10 Å². The first-order valence-electron chi connectivity index (χ1n) is 7.98. The molecule has 0 atom stereocenters. The Balaban J connectivity index is 2.06. The zero-order valence-electron chi connectivity index (χ0n) is 14.3. The predicted molar refractivity (Wildman–Crippen MR) is 117 cm³/mol. The van der Waals surface area contributed by atoms with Gasteiger partial charge in [0.2, 0.25) is 4.80 Å². The van der Waals surface area contributed by atoms with Crippen LogP contribution in [0.1, 0.15) is 5.56 Å². The van der Waals surface area contributed by atoms with E-state index in [0.29, 0.717) is 6.54 Å². The molecule has 0 aliphatic heterocycles. The fourth-order valence-electron chi connectivity index (χ4n) is 2.32. The minimum Gasteiger partial charge on any atom is -0.497 e. The first-order valence-corrected chi connectivity index (χ1v) is 9.94. The third-order valence-electron chi connectivity index (χ3n) is 3.64. The summed E-state index contributed by atoms with van der Waals surface area (Å²) in [7, 11) is 1.66. The zero-order valence-corrected chi connectivity index (χ0v) is 17.3. The van der Waals surface area contributed by atoms with Gasteiger partial charge in [-0.25, -0.2) is 4.68 Å². The number of hydrogen-bond donors (Lipinski definition) is 0. The Morgan fingerprint density at radius 2 is 1.96 bits per heavy atom. The average Bonchev–Trinajstić information content (AvgIpc) is 3.08. The van der Waals surface area contributed by atoms with Gasteiger partial charge in [-0.3, -0.25) is 4.99 Å². The van der Waals surface area contributed by atoms with Gasteiger partial charge in [0.05, 0.1) is 25.6 Å². The molecule has 0 saturated carbocycles. The van der Waals surface area contributed by atoms with Gasteiger partial charge in [-0.05, 0) is 52.9 Å². The monoisotopic (exact) mass is 475 g/mol. The largest absolute Gasteiger partial charge is 0.497 e. The number of thiazole rings is 1. The maximum atomic E-state index is 5.25. The summed E-state index contributed by atoms with van der Waals surface area (Å²) in [5.74, 6) is 0.828. The summed E-state index contributed by atoms with van der Waals surface area (Å²) in [6.45, 7) is 4.30. The molecule has 0 bridgehead atoms. The summed E-state index contributed by atoms with van der Waals surface area (Å²) in [6.07, 6.45) is 3.65. The molecule has 0 radical (unpaired) electrons. The molecule has 1 heterocycles. The van der Waals surface area contributed by atoms with Crippen LogP contribution >= 0.6 is 33.9 Å². The Kier molecular flexibility index (Phi) is 6.40. The Morgan fingerprint density at radius 1 is 1.19 bits per heavy atom. The van der Waals surface area contributed by atoms with Gasteiger partial charge in [-0.15, -0.1) is 17.9 Å². The number of aromatic nitrogens is 1. The molecule has 132 valence electrons. The maximum absolute atomic E-state index is 5.25. The van der Waals surface area contributed by atoms with E-state index in [1.54, 1.807) is 24.5 Å². The van der Waals surface area contributed by atoms with Crippen LogP contribution in [0.25, 0.3) is 11.3 Å². The van der Waals surface area contributed by atoms with E-state index in [4.69, 9.17) is 9.84 Å². The van der Waals surface area contributed by atoms with Crippen molar-refractivity contribution in [2.75, 3.05) is 13.7 Å². The summed E-state index contributed by atoms with van der Waals surface area (Å²) in [5, 5.41) is 6.77. The Hall–Kier alpha value is -2.19. The van der Waals surface area contributed by atoms with Crippen molar-refractivity contribution in [2.45, 2.75) is 0 Å². The van der Waals surface area contributed by atoms with Crippen molar-refractivity contribution in [1.29, 1.82) is 0 Å². The van der Waals surface area contributed by atoms with E-state index in [9.17, 15) is 0 Å². The number of halogens is 1. The number of ether oxygens (including phenoxy) is 1. The Morgan fingerprint density at radius 3 is 2.65 bits per heavy atom. The third kappa shape index (κ3) is 4.31. The second-order valence-electron chi connectivity index (χ2n) is 5.34. The summed E-state index contributed by atoms with van der Waals surface area (Å²) in [6, 6.07) is 16.1. The van der Waals surface area contributed by atoms with Crippen LogP contribution in [-0.2, 0) is 0 Å². The summed E-state index contributed by atoms with van der Waals surface area (Å²) in [4.78, 5) is 5.39. The quantitative estimate of drug-likeness (QED) is 0.287. The second kappa shape index (κ2) is 8.95. The van der Waals surface area contributed by atoms with Crippen LogP contribution in [0.15, 0.2) is 76.7 Å². The first kappa shape index (κ1) is 18.6. The van der Waals surface area contributed by atoms with Gasteiger partial charge in [0.25, 0.3) is 0 Å². The molecule has 4 nitrogen and oxygen atoms in total. The highest BCUT2D eigenvalue weighted by Gasteiger charge is 2.08. The molecule has 3 aromatic rings. The minimum absolute atomic E-state index is 0.557.